The van der Waals surface area contributed by atoms with Crippen LogP contribution in [-0.4, -0.2) is 60.1 Å². The quantitative estimate of drug-likeness (QED) is 0.206. The zero-order valence-corrected chi connectivity index (χ0v) is 27.0. The number of rotatable bonds is 5. The van der Waals surface area contributed by atoms with E-state index in [2.05, 4.69) is 33.8 Å². The first kappa shape index (κ1) is 31.1. The SMILES string of the molecule is CC=C(C)C(=O)O[C@H]1C[C@@H](OC(C)=O)[C@@]2(C)CO[C@H]3[C@@H](O)[C@@]4(C)C5=CC[C@@H](c6ccoc6)[C@]5(C)[C@@H](OC(C)=O)C[C@@H]4[C@]1(C)[C@@H]32. The molecule has 0 aromatic carbocycles. The van der Waals surface area contributed by atoms with Crippen LogP contribution in [0.3, 0.4) is 0 Å². The van der Waals surface area contributed by atoms with Gasteiger partial charge in [-0.15, -0.1) is 0 Å². The third kappa shape index (κ3) is 4.00. The Morgan fingerprint density at radius 2 is 1.64 bits per heavy atom. The topological polar surface area (TPSA) is 122 Å². The molecule has 12 atom stereocenters. The van der Waals surface area contributed by atoms with E-state index in [1.165, 1.54) is 13.8 Å². The first-order valence-electron chi connectivity index (χ1n) is 15.9. The monoisotopic (exact) mass is 610 g/mol. The number of esters is 3. The van der Waals surface area contributed by atoms with Gasteiger partial charge in [-0.1, -0.05) is 45.4 Å². The van der Waals surface area contributed by atoms with Crippen LogP contribution in [-0.2, 0) is 33.3 Å². The molecule has 1 aromatic heterocycles. The van der Waals surface area contributed by atoms with Crippen molar-refractivity contribution in [3.8, 4) is 0 Å². The smallest absolute Gasteiger partial charge is 0.333 e. The van der Waals surface area contributed by atoms with Gasteiger partial charge >= 0.3 is 17.9 Å². The predicted molar refractivity (Wildman–Crippen MR) is 159 cm³/mol. The Kier molecular flexibility index (Phi) is 7.28. The molecule has 5 aliphatic rings. The lowest BCUT2D eigenvalue weighted by atomic mass is 9.36. The summed E-state index contributed by atoms with van der Waals surface area (Å²) in [5.41, 5.74) is -0.215. The van der Waals surface area contributed by atoms with Crippen LogP contribution in [0.25, 0.3) is 0 Å². The molecule has 1 N–H and O–H groups in total. The number of furan rings is 1. The molecular formula is C35H46O9. The average Bonchev–Trinajstić information content (AvgIpc) is 3.69. The molecular weight excluding hydrogens is 564 g/mol. The molecule has 0 radical (unpaired) electrons. The normalized spacial score (nSPS) is 45.8. The summed E-state index contributed by atoms with van der Waals surface area (Å²) in [6.45, 7) is 15.1. The number of hydrogen-bond donors (Lipinski definition) is 1. The number of fused-ring (bicyclic) bond motifs is 4. The molecule has 9 nitrogen and oxygen atoms in total. The largest absolute Gasteiger partial charge is 0.472 e. The van der Waals surface area contributed by atoms with E-state index in [0.717, 1.165) is 11.1 Å². The predicted octanol–water partition coefficient (Wildman–Crippen LogP) is 5.27. The lowest BCUT2D eigenvalue weighted by Crippen LogP contribution is -2.74. The van der Waals surface area contributed by atoms with E-state index in [9.17, 15) is 19.5 Å². The number of hydrogen-bond acceptors (Lipinski definition) is 9. The van der Waals surface area contributed by atoms with Crippen molar-refractivity contribution in [2.75, 3.05) is 6.61 Å². The lowest BCUT2D eigenvalue weighted by Gasteiger charge is -2.70. The van der Waals surface area contributed by atoms with Gasteiger partial charge in [0.1, 0.15) is 18.3 Å². The molecule has 6 rings (SSSR count). The first-order valence-corrected chi connectivity index (χ1v) is 15.9. The Hall–Kier alpha value is -2.91. The second-order valence-electron chi connectivity index (χ2n) is 14.7. The zero-order valence-electron chi connectivity index (χ0n) is 27.0. The molecule has 1 aliphatic heterocycles. The van der Waals surface area contributed by atoms with Crippen LogP contribution in [0.4, 0.5) is 0 Å². The molecule has 0 amide bonds. The molecule has 0 bridgehead atoms. The molecule has 0 spiro atoms. The Labute approximate surface area is 259 Å². The minimum absolute atomic E-state index is 0.0171. The van der Waals surface area contributed by atoms with Crippen molar-refractivity contribution in [3.05, 3.63) is 47.5 Å². The van der Waals surface area contributed by atoms with Gasteiger partial charge < -0.3 is 28.5 Å². The van der Waals surface area contributed by atoms with E-state index in [1.54, 1.807) is 32.4 Å². The summed E-state index contributed by atoms with van der Waals surface area (Å²) in [6, 6.07) is 1.96. The Bertz CT molecular complexity index is 1410. The molecule has 2 heterocycles. The summed E-state index contributed by atoms with van der Waals surface area (Å²) in [5.74, 6) is -1.79. The average molecular weight is 611 g/mol. The summed E-state index contributed by atoms with van der Waals surface area (Å²) in [4.78, 5) is 38.4. The van der Waals surface area contributed by atoms with Crippen molar-refractivity contribution in [3.63, 3.8) is 0 Å². The number of ether oxygens (including phenoxy) is 4. The molecule has 44 heavy (non-hydrogen) atoms. The third-order valence-electron chi connectivity index (χ3n) is 12.7. The van der Waals surface area contributed by atoms with Crippen molar-refractivity contribution in [2.45, 2.75) is 111 Å². The maximum Gasteiger partial charge on any atom is 0.333 e. The standard InChI is InChI=1S/C35H46O9/c1-9-18(2)31(39)44-27-15-25(42-19(3)36)32(5)17-41-28-29(32)35(27,8)24-14-26(43-20(4)37)33(6)22(21-12-13-40-16-21)10-11-23(33)34(24,7)30(28)38/h9,11-13,16,22,24-30,38H,10,14-15,17H2,1-8H3/t22-,24-,25+,26-,27-,28+,29-,30+,32+,33-,34-,35-/m0/s1. The molecule has 240 valence electrons. The van der Waals surface area contributed by atoms with Crippen molar-refractivity contribution in [2.24, 2.45) is 33.5 Å². The van der Waals surface area contributed by atoms with Gasteiger partial charge in [-0.2, -0.15) is 0 Å². The van der Waals surface area contributed by atoms with Crippen LogP contribution in [0.15, 0.2) is 46.3 Å². The number of aliphatic hydroxyl groups excluding tert-OH is 1. The Balaban J connectivity index is 1.54. The summed E-state index contributed by atoms with van der Waals surface area (Å²) < 4.78 is 30.6. The van der Waals surface area contributed by atoms with Crippen molar-refractivity contribution in [1.29, 1.82) is 0 Å². The summed E-state index contributed by atoms with van der Waals surface area (Å²) in [7, 11) is 0. The minimum atomic E-state index is -0.899. The Morgan fingerprint density at radius 1 is 0.955 bits per heavy atom. The van der Waals surface area contributed by atoms with Crippen molar-refractivity contribution in [1.82, 2.24) is 0 Å². The molecule has 1 aromatic rings. The Morgan fingerprint density at radius 3 is 2.25 bits per heavy atom. The molecule has 4 fully saturated rings. The maximum atomic E-state index is 13.4. The summed E-state index contributed by atoms with van der Waals surface area (Å²) in [6.07, 6.45) is 5.61. The van der Waals surface area contributed by atoms with E-state index < -0.39 is 64.1 Å². The second-order valence-corrected chi connectivity index (χ2v) is 14.7. The van der Waals surface area contributed by atoms with Gasteiger partial charge in [0, 0.05) is 59.3 Å². The molecule has 1 saturated heterocycles. The van der Waals surface area contributed by atoms with Crippen LogP contribution in [0, 0.1) is 33.5 Å². The summed E-state index contributed by atoms with van der Waals surface area (Å²) >= 11 is 0. The van der Waals surface area contributed by atoms with Crippen molar-refractivity contribution < 1.29 is 42.9 Å². The maximum absolute atomic E-state index is 13.4. The number of allylic oxidation sites excluding steroid dienone is 2. The third-order valence-corrected chi connectivity index (χ3v) is 12.7. The highest BCUT2D eigenvalue weighted by atomic mass is 16.6. The number of aliphatic hydroxyl groups is 1. The molecule has 3 saturated carbocycles. The fourth-order valence-corrected chi connectivity index (χ4v) is 10.6. The van der Waals surface area contributed by atoms with Gasteiger partial charge in [-0.3, -0.25) is 9.59 Å². The van der Waals surface area contributed by atoms with Crippen LogP contribution in [0.2, 0.25) is 0 Å². The fraction of sp³-hybridized carbons (Fsp3) is 0.686. The fourth-order valence-electron chi connectivity index (χ4n) is 10.6. The number of carbonyl (C=O) groups excluding carboxylic acids is 3. The number of carbonyl (C=O) groups is 3. The molecule has 0 unspecified atom stereocenters. The van der Waals surface area contributed by atoms with Crippen LogP contribution < -0.4 is 0 Å². The van der Waals surface area contributed by atoms with Crippen molar-refractivity contribution >= 4 is 17.9 Å². The van der Waals surface area contributed by atoms with E-state index in [-0.39, 0.29) is 23.7 Å². The van der Waals surface area contributed by atoms with Crippen LogP contribution >= 0.6 is 0 Å². The molecule has 9 heteroatoms. The van der Waals surface area contributed by atoms with Crippen LogP contribution in [0.5, 0.6) is 0 Å². The summed E-state index contributed by atoms with van der Waals surface area (Å²) in [5, 5.41) is 12.5. The highest BCUT2D eigenvalue weighted by Crippen LogP contribution is 2.75. The van der Waals surface area contributed by atoms with Gasteiger partial charge in [0.2, 0.25) is 0 Å². The van der Waals surface area contributed by atoms with E-state index in [1.807, 2.05) is 6.07 Å². The van der Waals surface area contributed by atoms with Gasteiger partial charge in [-0.05, 0) is 44.2 Å². The second kappa shape index (κ2) is 10.3. The van der Waals surface area contributed by atoms with Gasteiger partial charge in [0.25, 0.3) is 0 Å². The highest BCUT2D eigenvalue weighted by molar-refractivity contribution is 5.87. The van der Waals surface area contributed by atoms with Crippen LogP contribution in [0.1, 0.15) is 86.1 Å². The molecule has 4 aliphatic carbocycles. The zero-order chi connectivity index (χ0) is 32.0. The van der Waals surface area contributed by atoms with E-state index in [0.29, 0.717) is 31.4 Å². The van der Waals surface area contributed by atoms with E-state index >= 15 is 0 Å². The van der Waals surface area contributed by atoms with Gasteiger partial charge in [-0.25, -0.2) is 4.79 Å². The lowest BCUT2D eigenvalue weighted by molar-refractivity contribution is -0.270. The minimum Gasteiger partial charge on any atom is -0.472 e. The van der Waals surface area contributed by atoms with Gasteiger partial charge in [0.05, 0.1) is 31.3 Å². The first-order chi connectivity index (χ1) is 20.6. The van der Waals surface area contributed by atoms with Gasteiger partial charge in [0.15, 0.2) is 0 Å². The van der Waals surface area contributed by atoms with E-state index in [4.69, 9.17) is 23.4 Å². The highest BCUT2D eigenvalue weighted by Gasteiger charge is 2.78.